The molecular formula is C57H81Cl3N6O6. The summed E-state index contributed by atoms with van der Waals surface area (Å²) in [6.07, 6.45) is 14.3. The topological polar surface area (TPSA) is 109 Å². The Bertz CT molecular complexity index is 2220. The molecule has 2 fully saturated rings. The van der Waals surface area contributed by atoms with Crippen molar-refractivity contribution in [3.63, 3.8) is 0 Å². The van der Waals surface area contributed by atoms with Gasteiger partial charge in [-0.05, 0) is 175 Å². The quantitative estimate of drug-likeness (QED) is 0.114. The van der Waals surface area contributed by atoms with Gasteiger partial charge in [-0.2, -0.15) is 0 Å². The molecule has 396 valence electrons. The molecule has 0 saturated heterocycles. The molecular weight excluding hydrogens is 971 g/mol. The number of hydrogen-bond acceptors (Lipinski definition) is 12. The fourth-order valence-electron chi connectivity index (χ4n) is 12.6. The number of hydrogen-bond donors (Lipinski definition) is 0. The Morgan fingerprint density at radius 2 is 0.958 bits per heavy atom. The van der Waals surface area contributed by atoms with Gasteiger partial charge in [0.05, 0.1) is 39.0 Å². The van der Waals surface area contributed by atoms with Crippen molar-refractivity contribution in [3.05, 3.63) is 105 Å². The predicted octanol–water partition coefficient (Wildman–Crippen LogP) is 13.6. The lowest BCUT2D eigenvalue weighted by Crippen LogP contribution is -2.55. The lowest BCUT2D eigenvalue weighted by atomic mass is 9.71. The molecule has 2 aliphatic carbocycles. The highest BCUT2D eigenvalue weighted by atomic mass is 35.5. The Balaban J connectivity index is 0.000000237. The van der Waals surface area contributed by atoms with Gasteiger partial charge < -0.3 is 38.5 Å². The molecule has 7 rings (SSSR count). The van der Waals surface area contributed by atoms with Crippen LogP contribution in [0.15, 0.2) is 82.8 Å². The SMILES string of the molecule is CCCN1C=NC(CC(C)C)(OC(=O)OC)C1C1CCC(C(c2ccc(Cl)cc2)N(C)C)CC1.CCCN1C=NC(Cc2ccc(Cl)cc2)(OC(=O)OC)C1C1CCC(C(c2ccc(Cl)cc2)N(C)C)CC1. The summed E-state index contributed by atoms with van der Waals surface area (Å²) in [6.45, 7) is 10.4. The molecule has 2 heterocycles. The van der Waals surface area contributed by atoms with E-state index >= 15 is 0 Å². The second kappa shape index (κ2) is 26.4. The van der Waals surface area contributed by atoms with E-state index in [0.29, 0.717) is 59.5 Å². The van der Waals surface area contributed by atoms with E-state index < -0.39 is 23.8 Å². The van der Waals surface area contributed by atoms with Crippen LogP contribution >= 0.6 is 34.8 Å². The van der Waals surface area contributed by atoms with Gasteiger partial charge in [-0.25, -0.2) is 19.6 Å². The van der Waals surface area contributed by atoms with Crippen molar-refractivity contribution in [2.45, 2.75) is 140 Å². The Hall–Kier alpha value is -4.07. The first-order valence-electron chi connectivity index (χ1n) is 26.2. The number of carbonyl (C=O) groups excluding carboxylic acids is 2. The van der Waals surface area contributed by atoms with Crippen LogP contribution < -0.4 is 0 Å². The monoisotopic (exact) mass is 1050 g/mol. The highest BCUT2D eigenvalue weighted by molar-refractivity contribution is 6.31. The molecule has 3 aromatic rings. The van der Waals surface area contributed by atoms with Crippen LogP contribution in [0.4, 0.5) is 9.59 Å². The average molecular weight is 1050 g/mol. The van der Waals surface area contributed by atoms with Crippen molar-refractivity contribution in [2.24, 2.45) is 39.6 Å². The molecule has 6 atom stereocenters. The smallest absolute Gasteiger partial charge is 0.438 e. The van der Waals surface area contributed by atoms with Crippen molar-refractivity contribution >= 4 is 59.8 Å². The molecule has 12 nitrogen and oxygen atoms in total. The fourth-order valence-corrected chi connectivity index (χ4v) is 13.0. The van der Waals surface area contributed by atoms with Gasteiger partial charge >= 0.3 is 12.3 Å². The van der Waals surface area contributed by atoms with Gasteiger partial charge in [0.2, 0.25) is 11.4 Å². The fraction of sp³-hybridized carbons (Fsp3) is 0.614. The van der Waals surface area contributed by atoms with Crippen LogP contribution in [-0.2, 0) is 25.4 Å². The highest BCUT2D eigenvalue weighted by Crippen LogP contribution is 2.48. The summed E-state index contributed by atoms with van der Waals surface area (Å²) in [7, 11) is 11.3. The zero-order valence-corrected chi connectivity index (χ0v) is 46.7. The van der Waals surface area contributed by atoms with Crippen LogP contribution in [0.1, 0.15) is 127 Å². The second-order valence-electron chi connectivity index (χ2n) is 21.3. The molecule has 6 unspecified atom stereocenters. The molecule has 3 aromatic carbocycles. The number of methoxy groups -OCH3 is 2. The van der Waals surface area contributed by atoms with E-state index in [9.17, 15) is 9.59 Å². The number of halogens is 3. The zero-order chi connectivity index (χ0) is 52.2. The molecule has 4 aliphatic rings. The minimum absolute atomic E-state index is 0.0447. The van der Waals surface area contributed by atoms with Crippen LogP contribution in [0.2, 0.25) is 15.1 Å². The van der Waals surface area contributed by atoms with Crippen LogP contribution in [0.25, 0.3) is 0 Å². The number of ether oxygens (including phenoxy) is 4. The van der Waals surface area contributed by atoms with Crippen molar-refractivity contribution in [1.29, 1.82) is 0 Å². The molecule has 15 heteroatoms. The molecule has 0 N–H and O–H groups in total. The number of carbonyl (C=O) groups is 2. The minimum atomic E-state index is -1.05. The van der Waals surface area contributed by atoms with Crippen molar-refractivity contribution < 1.29 is 28.5 Å². The third-order valence-electron chi connectivity index (χ3n) is 15.3. The van der Waals surface area contributed by atoms with Crippen LogP contribution in [0.3, 0.4) is 0 Å². The van der Waals surface area contributed by atoms with Gasteiger partial charge in [-0.1, -0.05) is 98.9 Å². The first kappa shape index (κ1) is 57.2. The van der Waals surface area contributed by atoms with Crippen molar-refractivity contribution in [3.8, 4) is 0 Å². The second-order valence-corrected chi connectivity index (χ2v) is 22.6. The maximum Gasteiger partial charge on any atom is 0.510 e. The lowest BCUT2D eigenvalue weighted by molar-refractivity contribution is -0.0815. The standard InChI is InChI=1S/C30H39Cl2N3O3.C27H42ClN3O3/c1-5-18-35-20-33-30(38-29(36)37-4,19-21-6-14-25(31)15-7-21)28(35)24-10-8-22(9-11-24)27(34(2)3)23-12-16-26(32)17-13-23;1-7-16-31-18-29-27(17-19(2)3,34-26(32)33-6)25(31)22-10-8-20(9-11-22)24(30(4)5)21-12-14-23(28)15-13-21/h6-7,12-17,20,22,24,27-28H,5,8-11,18-19H2,1-4H3;12-15,18-20,22,24-25H,7-11,16-17H2,1-6H3. The van der Waals surface area contributed by atoms with E-state index in [1.807, 2.05) is 61.2 Å². The van der Waals surface area contributed by atoms with Crippen molar-refractivity contribution in [2.75, 3.05) is 55.5 Å². The largest absolute Gasteiger partial charge is 0.510 e. The van der Waals surface area contributed by atoms with Gasteiger partial charge in [-0.3, -0.25) is 0 Å². The number of aliphatic imine (C=N–C) groups is 2. The third-order valence-corrected chi connectivity index (χ3v) is 16.1. The minimum Gasteiger partial charge on any atom is -0.438 e. The molecule has 0 spiro atoms. The Labute approximate surface area is 445 Å². The highest BCUT2D eigenvalue weighted by Gasteiger charge is 2.55. The van der Waals surface area contributed by atoms with Gasteiger partial charge in [0, 0.05) is 53.1 Å². The Morgan fingerprint density at radius 3 is 1.32 bits per heavy atom. The maximum absolute atomic E-state index is 12.5. The Morgan fingerprint density at radius 1 is 0.597 bits per heavy atom. The van der Waals surface area contributed by atoms with Crippen molar-refractivity contribution in [1.82, 2.24) is 19.6 Å². The molecule has 2 saturated carbocycles. The molecule has 0 radical (unpaired) electrons. The molecule has 0 bridgehead atoms. The summed E-state index contributed by atoms with van der Waals surface area (Å²) in [4.78, 5) is 43.8. The van der Waals surface area contributed by atoms with Crippen LogP contribution in [-0.4, -0.2) is 124 Å². The summed E-state index contributed by atoms with van der Waals surface area (Å²) in [5.74, 6) is 2.16. The van der Waals surface area contributed by atoms with Gasteiger partial charge in [0.1, 0.15) is 0 Å². The summed E-state index contributed by atoms with van der Waals surface area (Å²) < 4.78 is 21.9. The van der Waals surface area contributed by atoms with E-state index in [1.54, 1.807) is 0 Å². The Kier molecular flexibility index (Phi) is 21.0. The van der Waals surface area contributed by atoms with E-state index in [-0.39, 0.29) is 12.1 Å². The summed E-state index contributed by atoms with van der Waals surface area (Å²) in [5.41, 5.74) is 1.70. The number of nitrogens with zero attached hydrogens (tertiary/aromatic N) is 6. The molecule has 2 aliphatic heterocycles. The van der Waals surface area contributed by atoms with Gasteiger partial charge in [-0.15, -0.1) is 0 Å². The van der Waals surface area contributed by atoms with E-state index in [1.165, 1.54) is 25.3 Å². The normalized spacial score (nSPS) is 26.9. The average Bonchev–Trinajstić information content (AvgIpc) is 3.87. The first-order valence-corrected chi connectivity index (χ1v) is 27.3. The van der Waals surface area contributed by atoms with E-state index in [4.69, 9.17) is 63.7 Å². The van der Waals surface area contributed by atoms with E-state index in [0.717, 1.165) is 92.9 Å². The molecule has 72 heavy (non-hydrogen) atoms. The predicted molar refractivity (Wildman–Crippen MR) is 292 cm³/mol. The zero-order valence-electron chi connectivity index (χ0n) is 44.4. The third kappa shape index (κ3) is 14.2. The first-order chi connectivity index (χ1) is 34.5. The summed E-state index contributed by atoms with van der Waals surface area (Å²) >= 11 is 18.5. The molecule has 0 aromatic heterocycles. The van der Waals surface area contributed by atoms with E-state index in [2.05, 4.69) is 99.8 Å². The summed E-state index contributed by atoms with van der Waals surface area (Å²) in [6, 6.07) is 24.9. The molecule has 0 amide bonds. The maximum atomic E-state index is 12.5. The summed E-state index contributed by atoms with van der Waals surface area (Å²) in [5, 5.41) is 2.20. The van der Waals surface area contributed by atoms with Gasteiger partial charge in [0.25, 0.3) is 0 Å². The number of benzene rings is 3. The number of rotatable bonds is 18. The lowest BCUT2D eigenvalue weighted by Gasteiger charge is -2.45. The van der Waals surface area contributed by atoms with Crippen LogP contribution in [0.5, 0.6) is 0 Å². The van der Waals surface area contributed by atoms with Crippen LogP contribution in [0, 0.1) is 29.6 Å². The van der Waals surface area contributed by atoms with Gasteiger partial charge in [0.15, 0.2) is 0 Å².